The zero-order valence-electron chi connectivity index (χ0n) is 10.5. The van der Waals surface area contributed by atoms with Gasteiger partial charge in [0.1, 0.15) is 0 Å². The van der Waals surface area contributed by atoms with Gasteiger partial charge in [0.05, 0.1) is 5.69 Å². The summed E-state index contributed by atoms with van der Waals surface area (Å²) in [5.41, 5.74) is 2.94. The Morgan fingerprint density at radius 1 is 1.28 bits per heavy atom. The van der Waals surface area contributed by atoms with Gasteiger partial charge in [-0.25, -0.2) is 4.68 Å². The summed E-state index contributed by atoms with van der Waals surface area (Å²) in [6.45, 7) is 3.79. The maximum absolute atomic E-state index is 12.0. The summed E-state index contributed by atoms with van der Waals surface area (Å²) in [5.74, 6) is 0.0449. The smallest absolute Gasteiger partial charge is 0.247 e. The van der Waals surface area contributed by atoms with Crippen LogP contribution in [0.1, 0.15) is 28.2 Å². The quantitative estimate of drug-likeness (QED) is 0.869. The number of hydrogen-bond acceptors (Lipinski definition) is 2. The molecule has 2 aromatic rings. The largest absolute Gasteiger partial charge is 0.273 e. The molecule has 0 atom stereocenters. The van der Waals surface area contributed by atoms with Crippen molar-refractivity contribution in [3.8, 4) is 0 Å². The minimum absolute atomic E-state index is 0.0449. The van der Waals surface area contributed by atoms with Gasteiger partial charge in [-0.2, -0.15) is 5.10 Å². The molecular weight excluding hydrogens is 292 g/mol. The summed E-state index contributed by atoms with van der Waals surface area (Å²) in [4.78, 5) is 12.0. The van der Waals surface area contributed by atoms with Gasteiger partial charge in [-0.3, -0.25) is 4.79 Å². The van der Waals surface area contributed by atoms with Crippen molar-refractivity contribution in [2.45, 2.75) is 26.7 Å². The fraction of sp³-hybridized carbons (Fsp3) is 0.286. The highest BCUT2D eigenvalue weighted by Gasteiger charge is 2.09. The second-order valence-electron chi connectivity index (χ2n) is 4.36. The monoisotopic (exact) mass is 306 g/mol. The van der Waals surface area contributed by atoms with E-state index in [1.165, 1.54) is 4.68 Å². The first kappa shape index (κ1) is 13.0. The summed E-state index contributed by atoms with van der Waals surface area (Å²) in [6.07, 6.45) is 1.22. The third-order valence-corrected chi connectivity index (χ3v) is 3.32. The first-order valence-corrected chi connectivity index (χ1v) is 6.66. The van der Waals surface area contributed by atoms with Crippen LogP contribution in [0.5, 0.6) is 0 Å². The van der Waals surface area contributed by atoms with Gasteiger partial charge < -0.3 is 0 Å². The molecule has 0 aliphatic rings. The van der Waals surface area contributed by atoms with Gasteiger partial charge in [0.15, 0.2) is 0 Å². The molecule has 0 spiro atoms. The van der Waals surface area contributed by atoms with Crippen LogP contribution in [0.15, 0.2) is 34.8 Å². The highest BCUT2D eigenvalue weighted by Crippen LogP contribution is 2.12. The van der Waals surface area contributed by atoms with E-state index < -0.39 is 0 Å². The van der Waals surface area contributed by atoms with Crippen LogP contribution in [0.4, 0.5) is 0 Å². The van der Waals surface area contributed by atoms with Crippen LogP contribution < -0.4 is 0 Å². The van der Waals surface area contributed by atoms with Crippen molar-refractivity contribution in [1.29, 1.82) is 0 Å². The molecule has 1 aromatic carbocycles. The van der Waals surface area contributed by atoms with Crippen molar-refractivity contribution in [2.75, 3.05) is 0 Å². The van der Waals surface area contributed by atoms with Crippen LogP contribution in [0.25, 0.3) is 0 Å². The van der Waals surface area contributed by atoms with Crippen LogP contribution in [0, 0.1) is 13.8 Å². The molecular formula is C14H15BrN2O. The normalized spacial score (nSPS) is 10.6. The van der Waals surface area contributed by atoms with Crippen LogP contribution in [-0.4, -0.2) is 15.7 Å². The highest BCUT2D eigenvalue weighted by atomic mass is 79.9. The number of aromatic nitrogens is 2. The molecule has 0 saturated carbocycles. The van der Waals surface area contributed by atoms with E-state index in [0.717, 1.165) is 27.8 Å². The SMILES string of the molecule is Cc1cc(C)n(C(=O)CCc2ccc(Br)cc2)n1. The van der Waals surface area contributed by atoms with E-state index in [9.17, 15) is 4.79 Å². The molecule has 0 fully saturated rings. The number of benzene rings is 1. The van der Waals surface area contributed by atoms with E-state index in [1.54, 1.807) is 0 Å². The van der Waals surface area contributed by atoms with Crippen molar-refractivity contribution in [3.05, 3.63) is 51.8 Å². The van der Waals surface area contributed by atoms with Gasteiger partial charge in [0, 0.05) is 16.6 Å². The van der Waals surface area contributed by atoms with E-state index in [4.69, 9.17) is 0 Å². The van der Waals surface area contributed by atoms with Crippen molar-refractivity contribution in [1.82, 2.24) is 9.78 Å². The van der Waals surface area contributed by atoms with E-state index in [2.05, 4.69) is 21.0 Å². The van der Waals surface area contributed by atoms with Crippen LogP contribution >= 0.6 is 15.9 Å². The Labute approximate surface area is 115 Å². The van der Waals surface area contributed by atoms with Gasteiger partial charge in [0.2, 0.25) is 5.91 Å². The lowest BCUT2D eigenvalue weighted by atomic mass is 10.1. The average Bonchev–Trinajstić information content (AvgIpc) is 2.67. The van der Waals surface area contributed by atoms with Crippen molar-refractivity contribution in [2.24, 2.45) is 0 Å². The summed E-state index contributed by atoms with van der Waals surface area (Å²) in [7, 11) is 0. The zero-order valence-corrected chi connectivity index (χ0v) is 12.1. The van der Waals surface area contributed by atoms with Crippen molar-refractivity contribution >= 4 is 21.8 Å². The molecule has 0 aliphatic heterocycles. The highest BCUT2D eigenvalue weighted by molar-refractivity contribution is 9.10. The Morgan fingerprint density at radius 3 is 2.50 bits per heavy atom. The number of nitrogens with zero attached hydrogens (tertiary/aromatic N) is 2. The fourth-order valence-corrected chi connectivity index (χ4v) is 2.15. The molecule has 1 aromatic heterocycles. The van der Waals surface area contributed by atoms with E-state index in [0.29, 0.717) is 6.42 Å². The summed E-state index contributed by atoms with van der Waals surface area (Å²) in [6, 6.07) is 9.95. The van der Waals surface area contributed by atoms with E-state index in [-0.39, 0.29) is 5.91 Å². The van der Waals surface area contributed by atoms with Crippen molar-refractivity contribution in [3.63, 3.8) is 0 Å². The summed E-state index contributed by atoms with van der Waals surface area (Å²) >= 11 is 3.39. The number of hydrogen-bond donors (Lipinski definition) is 0. The molecule has 2 rings (SSSR count). The van der Waals surface area contributed by atoms with E-state index in [1.807, 2.05) is 44.2 Å². The predicted octanol–water partition coefficient (Wildman–Crippen LogP) is 3.54. The number of halogens is 1. The standard InChI is InChI=1S/C14H15BrN2O/c1-10-9-11(2)17(16-10)14(18)8-5-12-3-6-13(15)7-4-12/h3-4,6-7,9H,5,8H2,1-2H3. The molecule has 0 radical (unpaired) electrons. The number of rotatable bonds is 3. The zero-order chi connectivity index (χ0) is 13.1. The topological polar surface area (TPSA) is 34.9 Å². The second kappa shape index (κ2) is 5.48. The molecule has 0 bridgehead atoms. The minimum Gasteiger partial charge on any atom is -0.273 e. The maximum Gasteiger partial charge on any atom is 0.247 e. The number of aryl methyl sites for hydroxylation is 3. The molecule has 0 unspecified atom stereocenters. The lowest BCUT2D eigenvalue weighted by Crippen LogP contribution is -2.14. The lowest BCUT2D eigenvalue weighted by Gasteiger charge is -2.03. The molecule has 94 valence electrons. The van der Waals surface area contributed by atoms with Crippen LogP contribution in [0.2, 0.25) is 0 Å². The van der Waals surface area contributed by atoms with Gasteiger partial charge in [-0.05, 0) is 44.0 Å². The van der Waals surface area contributed by atoms with Crippen LogP contribution in [-0.2, 0) is 6.42 Å². The average molecular weight is 307 g/mol. The molecule has 3 nitrogen and oxygen atoms in total. The Hall–Kier alpha value is -1.42. The third-order valence-electron chi connectivity index (χ3n) is 2.79. The van der Waals surface area contributed by atoms with Crippen molar-refractivity contribution < 1.29 is 4.79 Å². The molecule has 0 aliphatic carbocycles. The molecule has 0 amide bonds. The Bertz CT molecular complexity index is 558. The third kappa shape index (κ3) is 3.07. The maximum atomic E-state index is 12.0. The summed E-state index contributed by atoms with van der Waals surface area (Å²) in [5, 5.41) is 4.20. The molecule has 0 saturated heterocycles. The van der Waals surface area contributed by atoms with Gasteiger partial charge in [-0.1, -0.05) is 28.1 Å². The molecule has 4 heteroatoms. The van der Waals surface area contributed by atoms with Crippen LogP contribution in [0.3, 0.4) is 0 Å². The molecule has 18 heavy (non-hydrogen) atoms. The molecule has 1 heterocycles. The Kier molecular flexibility index (Phi) is 3.97. The number of carbonyl (C=O) groups is 1. The predicted molar refractivity (Wildman–Crippen MR) is 74.8 cm³/mol. The first-order chi connectivity index (χ1) is 8.56. The van der Waals surface area contributed by atoms with Gasteiger partial charge in [0.25, 0.3) is 0 Å². The Balaban J connectivity index is 2.00. The van der Waals surface area contributed by atoms with Gasteiger partial charge >= 0.3 is 0 Å². The second-order valence-corrected chi connectivity index (χ2v) is 5.27. The number of carbonyl (C=O) groups excluding carboxylic acids is 1. The summed E-state index contributed by atoms with van der Waals surface area (Å²) < 4.78 is 2.55. The molecule has 0 N–H and O–H groups in total. The van der Waals surface area contributed by atoms with Gasteiger partial charge in [-0.15, -0.1) is 0 Å². The first-order valence-electron chi connectivity index (χ1n) is 5.87. The lowest BCUT2D eigenvalue weighted by molar-refractivity contribution is 0.0884. The Morgan fingerprint density at radius 2 is 1.94 bits per heavy atom. The fourth-order valence-electron chi connectivity index (χ4n) is 1.89. The van der Waals surface area contributed by atoms with E-state index >= 15 is 0 Å². The minimum atomic E-state index is 0.0449.